The highest BCUT2D eigenvalue weighted by Gasteiger charge is 2.14. The number of aryl methyl sites for hydroxylation is 4. The second kappa shape index (κ2) is 18.7. The smallest absolute Gasteiger partial charge is 0.127 e. The molecule has 0 aromatic heterocycles. The lowest BCUT2D eigenvalue weighted by atomic mass is 9.89. The second-order valence-electron chi connectivity index (χ2n) is 13.3. The molecule has 2 N–H and O–H groups in total. The highest BCUT2D eigenvalue weighted by atomic mass is 16.5. The average Bonchev–Trinajstić information content (AvgIpc) is 3.04. The summed E-state index contributed by atoms with van der Waals surface area (Å²) in [7, 11) is 0. The summed E-state index contributed by atoms with van der Waals surface area (Å²) in [4.78, 5) is 0. The Hall–Kier alpha value is -3.60. The lowest BCUT2D eigenvalue weighted by Gasteiger charge is -2.16. The Morgan fingerprint density at radius 1 is 0.553 bits per heavy atom. The normalized spacial score (nSPS) is 12.0. The summed E-state index contributed by atoms with van der Waals surface area (Å²) in [5, 5.41) is 21.6. The molecule has 0 fully saturated rings. The van der Waals surface area contributed by atoms with Crippen molar-refractivity contribution in [2.45, 2.75) is 105 Å². The number of aliphatic hydroxyl groups is 1. The average molecular weight is 637 g/mol. The summed E-state index contributed by atoms with van der Waals surface area (Å²) in [5.41, 5.74) is 11.1. The quantitative estimate of drug-likeness (QED) is 0.101. The van der Waals surface area contributed by atoms with Crippen LogP contribution < -0.4 is 4.74 Å². The van der Waals surface area contributed by atoms with Gasteiger partial charge in [0.15, 0.2) is 0 Å². The van der Waals surface area contributed by atoms with Crippen molar-refractivity contribution in [1.29, 1.82) is 0 Å². The third-order valence-corrected chi connectivity index (χ3v) is 8.99. The third-order valence-electron chi connectivity index (χ3n) is 8.99. The van der Waals surface area contributed by atoms with Gasteiger partial charge in [-0.25, -0.2) is 0 Å². The van der Waals surface area contributed by atoms with Gasteiger partial charge < -0.3 is 19.7 Å². The number of hydrogen-bond acceptors (Lipinski definition) is 4. The van der Waals surface area contributed by atoms with Gasteiger partial charge in [-0.1, -0.05) is 112 Å². The molecule has 0 aliphatic heterocycles. The first kappa shape index (κ1) is 36.2. The van der Waals surface area contributed by atoms with Crippen molar-refractivity contribution < 1.29 is 19.7 Å². The second-order valence-corrected chi connectivity index (χ2v) is 13.3. The molecule has 0 heterocycles. The standard InChI is InChI=1S/C43H56O4/c1-6-7-8-9-10-11-12-13-14-15-22-46-29-38(44)30-47-39-18-21-42(43(45)28-39)37-26-35(40-19-16-31(2)23-33(40)4)25-36(27-37)41-20-17-32(3)24-34(41)5/h16-21,23-28,38,44-45H,6-15,22,29-30H2,1-5H3. The van der Waals surface area contributed by atoms with Gasteiger partial charge >= 0.3 is 0 Å². The van der Waals surface area contributed by atoms with Crippen LogP contribution in [0.25, 0.3) is 33.4 Å². The molecule has 0 radical (unpaired) electrons. The molecule has 1 atom stereocenters. The van der Waals surface area contributed by atoms with E-state index < -0.39 is 6.10 Å². The molecule has 4 aromatic carbocycles. The maximum atomic E-state index is 11.2. The van der Waals surface area contributed by atoms with E-state index in [9.17, 15) is 10.2 Å². The minimum Gasteiger partial charge on any atom is -0.507 e. The van der Waals surface area contributed by atoms with E-state index >= 15 is 0 Å². The Morgan fingerprint density at radius 2 is 1.04 bits per heavy atom. The van der Waals surface area contributed by atoms with Gasteiger partial charge in [0.05, 0.1) is 6.61 Å². The largest absolute Gasteiger partial charge is 0.507 e. The maximum Gasteiger partial charge on any atom is 0.127 e. The molecule has 252 valence electrons. The van der Waals surface area contributed by atoms with Crippen LogP contribution in [0.1, 0.15) is 93.4 Å². The van der Waals surface area contributed by atoms with Crippen LogP contribution in [0.2, 0.25) is 0 Å². The number of benzene rings is 4. The number of aromatic hydroxyl groups is 1. The van der Waals surface area contributed by atoms with Crippen molar-refractivity contribution in [2.24, 2.45) is 0 Å². The van der Waals surface area contributed by atoms with Gasteiger partial charge in [0.2, 0.25) is 0 Å². The van der Waals surface area contributed by atoms with Gasteiger partial charge in [0.25, 0.3) is 0 Å². The van der Waals surface area contributed by atoms with E-state index in [-0.39, 0.29) is 19.0 Å². The molecule has 4 heteroatoms. The molecular weight excluding hydrogens is 580 g/mol. The van der Waals surface area contributed by atoms with Crippen LogP contribution in [0, 0.1) is 27.7 Å². The third kappa shape index (κ3) is 11.3. The van der Waals surface area contributed by atoms with Gasteiger partial charge in [-0.3, -0.25) is 0 Å². The van der Waals surface area contributed by atoms with E-state index in [4.69, 9.17) is 9.47 Å². The highest BCUT2D eigenvalue weighted by molar-refractivity contribution is 5.84. The minimum absolute atomic E-state index is 0.107. The van der Waals surface area contributed by atoms with Crippen LogP contribution in [0.3, 0.4) is 0 Å². The molecule has 1 unspecified atom stereocenters. The van der Waals surface area contributed by atoms with E-state index in [1.807, 2.05) is 12.1 Å². The molecule has 4 rings (SSSR count). The minimum atomic E-state index is -0.727. The lowest BCUT2D eigenvalue weighted by Crippen LogP contribution is -2.23. The summed E-state index contributed by atoms with van der Waals surface area (Å²) < 4.78 is 11.5. The summed E-state index contributed by atoms with van der Waals surface area (Å²) in [6, 6.07) is 25.0. The number of rotatable bonds is 19. The Labute approximate surface area is 283 Å². The molecule has 4 nitrogen and oxygen atoms in total. The summed E-state index contributed by atoms with van der Waals surface area (Å²) >= 11 is 0. The molecular formula is C43H56O4. The van der Waals surface area contributed by atoms with Crippen LogP contribution in [-0.2, 0) is 4.74 Å². The number of phenols is 1. The molecule has 47 heavy (non-hydrogen) atoms. The predicted octanol–water partition coefficient (Wildman–Crippen LogP) is 11.3. The number of ether oxygens (including phenoxy) is 2. The molecule has 0 saturated carbocycles. The Kier molecular flexibility index (Phi) is 14.4. The molecule has 0 bridgehead atoms. The lowest BCUT2D eigenvalue weighted by molar-refractivity contribution is 0.0109. The fourth-order valence-corrected chi connectivity index (χ4v) is 6.37. The van der Waals surface area contributed by atoms with Gasteiger partial charge in [-0.15, -0.1) is 0 Å². The van der Waals surface area contributed by atoms with E-state index in [0.717, 1.165) is 28.7 Å². The topological polar surface area (TPSA) is 58.9 Å². The van der Waals surface area contributed by atoms with Crippen molar-refractivity contribution in [1.82, 2.24) is 0 Å². The monoisotopic (exact) mass is 636 g/mol. The van der Waals surface area contributed by atoms with Gasteiger partial charge in [0.1, 0.15) is 24.2 Å². The van der Waals surface area contributed by atoms with E-state index in [2.05, 4.69) is 89.2 Å². The zero-order valence-corrected chi connectivity index (χ0v) is 29.4. The van der Waals surface area contributed by atoms with Crippen molar-refractivity contribution in [3.8, 4) is 44.9 Å². The van der Waals surface area contributed by atoms with Crippen LogP contribution in [0.15, 0.2) is 72.8 Å². The van der Waals surface area contributed by atoms with E-state index in [1.165, 1.54) is 91.2 Å². The Morgan fingerprint density at radius 3 is 1.55 bits per heavy atom. The zero-order valence-electron chi connectivity index (χ0n) is 29.4. The SMILES string of the molecule is CCCCCCCCCCCCOCC(O)COc1ccc(-c2cc(-c3ccc(C)cc3C)cc(-c3ccc(C)cc3C)c2)c(O)c1. The van der Waals surface area contributed by atoms with Crippen molar-refractivity contribution in [2.75, 3.05) is 19.8 Å². The zero-order chi connectivity index (χ0) is 33.6. The fourth-order valence-electron chi connectivity index (χ4n) is 6.37. The number of hydrogen-bond donors (Lipinski definition) is 2. The van der Waals surface area contributed by atoms with Gasteiger partial charge in [-0.2, -0.15) is 0 Å². The fraction of sp³-hybridized carbons (Fsp3) is 0.442. The first-order valence-electron chi connectivity index (χ1n) is 17.8. The summed E-state index contributed by atoms with van der Waals surface area (Å²) in [6.07, 6.45) is 12.1. The highest BCUT2D eigenvalue weighted by Crippen LogP contribution is 2.39. The van der Waals surface area contributed by atoms with Crippen LogP contribution in [0.4, 0.5) is 0 Å². The Bertz CT molecular complexity index is 1490. The van der Waals surface area contributed by atoms with Crippen molar-refractivity contribution in [3.63, 3.8) is 0 Å². The predicted molar refractivity (Wildman–Crippen MR) is 198 cm³/mol. The van der Waals surface area contributed by atoms with E-state index in [1.54, 1.807) is 6.07 Å². The molecule has 0 aliphatic carbocycles. The molecule has 0 amide bonds. The molecule has 0 saturated heterocycles. The van der Waals surface area contributed by atoms with Crippen molar-refractivity contribution in [3.05, 3.63) is 95.1 Å². The van der Waals surface area contributed by atoms with Gasteiger partial charge in [0, 0.05) is 18.2 Å². The van der Waals surface area contributed by atoms with Crippen LogP contribution in [-0.4, -0.2) is 36.1 Å². The number of phenolic OH excluding ortho intramolecular Hbond substituents is 1. The Balaban J connectivity index is 1.35. The molecule has 4 aromatic rings. The number of unbranched alkanes of at least 4 members (excludes halogenated alkanes) is 9. The molecule has 0 spiro atoms. The van der Waals surface area contributed by atoms with Gasteiger partial charge in [-0.05, 0) is 103 Å². The summed E-state index contributed by atoms with van der Waals surface area (Å²) in [5.74, 6) is 0.652. The van der Waals surface area contributed by atoms with Crippen molar-refractivity contribution >= 4 is 0 Å². The maximum absolute atomic E-state index is 11.2. The number of aliphatic hydroxyl groups excluding tert-OH is 1. The summed E-state index contributed by atoms with van der Waals surface area (Å²) in [6.45, 7) is 11.8. The molecule has 0 aliphatic rings. The first-order chi connectivity index (χ1) is 22.7. The van der Waals surface area contributed by atoms with E-state index in [0.29, 0.717) is 12.4 Å². The first-order valence-corrected chi connectivity index (χ1v) is 17.8. The van der Waals surface area contributed by atoms with Crippen LogP contribution >= 0.6 is 0 Å². The van der Waals surface area contributed by atoms with Crippen LogP contribution in [0.5, 0.6) is 11.5 Å².